The molecule has 0 bridgehead atoms. The number of aromatic nitrogens is 3. The predicted octanol–water partition coefficient (Wildman–Crippen LogP) is 1.03. The summed E-state index contributed by atoms with van der Waals surface area (Å²) in [6.45, 7) is 1.47. The maximum atomic E-state index is 12.8. The number of hydrogen-bond acceptors (Lipinski definition) is 5. The van der Waals surface area contributed by atoms with E-state index in [1.807, 2.05) is 6.07 Å². The van der Waals surface area contributed by atoms with Crippen molar-refractivity contribution in [3.8, 4) is 5.88 Å². The van der Waals surface area contributed by atoms with E-state index in [1.54, 1.807) is 29.4 Å². The number of carbonyl (C=O) groups excluding carboxylic acids is 1. The Balaban J connectivity index is 1.91. The molecule has 1 fully saturated rings. The molecule has 1 aliphatic rings. The summed E-state index contributed by atoms with van der Waals surface area (Å²) in [7, 11) is 1.50. The first-order valence-corrected chi connectivity index (χ1v) is 6.68. The van der Waals surface area contributed by atoms with Crippen LogP contribution in [0.4, 0.5) is 0 Å². The zero-order valence-corrected chi connectivity index (χ0v) is 11.7. The third kappa shape index (κ3) is 2.59. The molecule has 7 nitrogen and oxygen atoms in total. The number of ether oxygens (including phenoxy) is 2. The van der Waals surface area contributed by atoms with Crippen LogP contribution < -0.4 is 4.74 Å². The van der Waals surface area contributed by atoms with E-state index in [1.165, 1.54) is 7.11 Å². The van der Waals surface area contributed by atoms with E-state index in [0.717, 1.165) is 5.69 Å². The van der Waals surface area contributed by atoms with Crippen molar-refractivity contribution in [3.05, 3.63) is 41.9 Å². The number of nitrogens with one attached hydrogen (secondary N) is 1. The second-order valence-corrected chi connectivity index (χ2v) is 4.66. The first kappa shape index (κ1) is 13.6. The largest absolute Gasteiger partial charge is 0.480 e. The lowest BCUT2D eigenvalue weighted by Crippen LogP contribution is -2.43. The summed E-state index contributed by atoms with van der Waals surface area (Å²) in [5.74, 6) is 0.209. The molecule has 0 unspecified atom stereocenters. The summed E-state index contributed by atoms with van der Waals surface area (Å²) >= 11 is 0. The highest BCUT2D eigenvalue weighted by Crippen LogP contribution is 2.26. The van der Waals surface area contributed by atoms with Crippen molar-refractivity contribution in [1.82, 2.24) is 20.1 Å². The van der Waals surface area contributed by atoms with Crippen LogP contribution in [0, 0.1) is 0 Å². The molecule has 0 spiro atoms. The predicted molar refractivity (Wildman–Crippen MR) is 74.0 cm³/mol. The highest BCUT2D eigenvalue weighted by molar-refractivity contribution is 5.96. The molecule has 0 saturated carbocycles. The Morgan fingerprint density at radius 1 is 1.48 bits per heavy atom. The number of methoxy groups -OCH3 is 1. The third-order valence-electron chi connectivity index (χ3n) is 3.47. The van der Waals surface area contributed by atoms with Gasteiger partial charge < -0.3 is 14.4 Å². The van der Waals surface area contributed by atoms with Crippen LogP contribution in [0.15, 0.2) is 30.6 Å². The lowest BCUT2D eigenvalue weighted by atomic mass is 10.1. The monoisotopic (exact) mass is 288 g/mol. The van der Waals surface area contributed by atoms with Gasteiger partial charge in [-0.3, -0.25) is 9.89 Å². The Labute approximate surface area is 121 Å². The minimum absolute atomic E-state index is 0.122. The van der Waals surface area contributed by atoms with E-state index in [4.69, 9.17) is 9.47 Å². The van der Waals surface area contributed by atoms with E-state index >= 15 is 0 Å². The van der Waals surface area contributed by atoms with Gasteiger partial charge in [-0.15, -0.1) is 0 Å². The van der Waals surface area contributed by atoms with Gasteiger partial charge in [0.2, 0.25) is 5.88 Å². The van der Waals surface area contributed by atoms with Crippen LogP contribution in [-0.2, 0) is 4.74 Å². The molecule has 21 heavy (non-hydrogen) atoms. The molecule has 3 rings (SSSR count). The number of pyridine rings is 1. The van der Waals surface area contributed by atoms with E-state index in [-0.39, 0.29) is 11.9 Å². The van der Waals surface area contributed by atoms with Gasteiger partial charge in [-0.25, -0.2) is 4.98 Å². The van der Waals surface area contributed by atoms with Crippen LogP contribution in [0.3, 0.4) is 0 Å². The molecule has 1 amide bonds. The first-order chi connectivity index (χ1) is 10.3. The molecule has 1 aliphatic heterocycles. The normalized spacial score (nSPS) is 18.5. The molecule has 0 aliphatic carbocycles. The minimum Gasteiger partial charge on any atom is -0.480 e. The molecule has 1 atom stereocenters. The third-order valence-corrected chi connectivity index (χ3v) is 3.47. The maximum Gasteiger partial charge on any atom is 0.260 e. The summed E-state index contributed by atoms with van der Waals surface area (Å²) in [5, 5.41) is 6.84. The number of H-pyrrole nitrogens is 1. The summed E-state index contributed by atoms with van der Waals surface area (Å²) in [5.41, 5.74) is 1.30. The minimum atomic E-state index is -0.182. The molecule has 0 radical (unpaired) electrons. The molecule has 2 aromatic heterocycles. The highest BCUT2D eigenvalue weighted by Gasteiger charge is 2.31. The molecule has 1 N–H and O–H groups in total. The fraction of sp³-hybridized carbons (Fsp3) is 0.357. The van der Waals surface area contributed by atoms with E-state index in [0.29, 0.717) is 31.2 Å². The molecule has 7 heteroatoms. The van der Waals surface area contributed by atoms with Crippen molar-refractivity contribution in [2.75, 3.05) is 26.9 Å². The zero-order valence-electron chi connectivity index (χ0n) is 11.7. The number of carbonyl (C=O) groups is 1. The number of rotatable bonds is 3. The topological polar surface area (TPSA) is 80.3 Å². The van der Waals surface area contributed by atoms with Gasteiger partial charge in [0.1, 0.15) is 5.56 Å². The van der Waals surface area contributed by atoms with Crippen LogP contribution in [0.2, 0.25) is 0 Å². The van der Waals surface area contributed by atoms with Gasteiger partial charge in [0, 0.05) is 18.9 Å². The van der Waals surface area contributed by atoms with Crippen LogP contribution in [-0.4, -0.2) is 52.9 Å². The van der Waals surface area contributed by atoms with Crippen molar-refractivity contribution < 1.29 is 14.3 Å². The molecule has 1 saturated heterocycles. The second kappa shape index (κ2) is 5.92. The fourth-order valence-electron chi connectivity index (χ4n) is 2.43. The Morgan fingerprint density at radius 3 is 3.14 bits per heavy atom. The highest BCUT2D eigenvalue weighted by atomic mass is 16.5. The van der Waals surface area contributed by atoms with Gasteiger partial charge in [0.05, 0.1) is 32.1 Å². The quantitative estimate of drug-likeness (QED) is 0.912. The zero-order chi connectivity index (χ0) is 14.7. The van der Waals surface area contributed by atoms with Crippen LogP contribution in [0.5, 0.6) is 5.88 Å². The fourth-order valence-corrected chi connectivity index (χ4v) is 2.43. The molecule has 110 valence electrons. The SMILES string of the molecule is COc1ncccc1C(=O)N1CCOC[C@@H]1c1ccn[nH]1. The molecular formula is C14H16N4O3. The van der Waals surface area contributed by atoms with Gasteiger partial charge in [0.15, 0.2) is 0 Å². The lowest BCUT2D eigenvalue weighted by Gasteiger charge is -2.35. The summed E-state index contributed by atoms with van der Waals surface area (Å²) in [6, 6.07) is 5.11. The average molecular weight is 288 g/mol. The standard InChI is InChI=1S/C14H16N4O3/c1-20-13-10(3-2-5-15-13)14(19)18-7-8-21-9-12(18)11-4-6-16-17-11/h2-6,12H,7-9H2,1H3,(H,16,17)/t12-/m1/s1. The lowest BCUT2D eigenvalue weighted by molar-refractivity contribution is -0.00409. The number of amides is 1. The number of hydrogen-bond donors (Lipinski definition) is 1. The summed E-state index contributed by atoms with van der Waals surface area (Å²) in [6.07, 6.45) is 3.26. The van der Waals surface area contributed by atoms with E-state index < -0.39 is 0 Å². The number of nitrogens with zero attached hydrogens (tertiary/aromatic N) is 3. The van der Waals surface area contributed by atoms with Crippen molar-refractivity contribution in [2.24, 2.45) is 0 Å². The molecule has 0 aromatic carbocycles. The van der Waals surface area contributed by atoms with Gasteiger partial charge in [-0.2, -0.15) is 5.10 Å². The van der Waals surface area contributed by atoms with Crippen LogP contribution in [0.25, 0.3) is 0 Å². The number of aromatic amines is 1. The van der Waals surface area contributed by atoms with E-state index in [9.17, 15) is 4.79 Å². The van der Waals surface area contributed by atoms with Crippen molar-refractivity contribution in [2.45, 2.75) is 6.04 Å². The molecule has 2 aromatic rings. The molecular weight excluding hydrogens is 272 g/mol. The first-order valence-electron chi connectivity index (χ1n) is 6.68. The van der Waals surface area contributed by atoms with Gasteiger partial charge in [-0.1, -0.05) is 0 Å². The Morgan fingerprint density at radius 2 is 2.38 bits per heavy atom. The number of morpholine rings is 1. The van der Waals surface area contributed by atoms with Gasteiger partial charge in [-0.05, 0) is 18.2 Å². The van der Waals surface area contributed by atoms with Crippen LogP contribution in [0.1, 0.15) is 22.1 Å². The Kier molecular flexibility index (Phi) is 3.83. The molecule has 3 heterocycles. The van der Waals surface area contributed by atoms with Gasteiger partial charge in [0.25, 0.3) is 5.91 Å². The van der Waals surface area contributed by atoms with Crippen LogP contribution >= 0.6 is 0 Å². The maximum absolute atomic E-state index is 12.8. The van der Waals surface area contributed by atoms with Crippen molar-refractivity contribution >= 4 is 5.91 Å². The smallest absolute Gasteiger partial charge is 0.260 e. The Bertz CT molecular complexity index is 614. The van der Waals surface area contributed by atoms with Crippen molar-refractivity contribution in [1.29, 1.82) is 0 Å². The summed E-state index contributed by atoms with van der Waals surface area (Å²) in [4.78, 5) is 18.6. The second-order valence-electron chi connectivity index (χ2n) is 4.66. The van der Waals surface area contributed by atoms with Crippen molar-refractivity contribution in [3.63, 3.8) is 0 Å². The van der Waals surface area contributed by atoms with E-state index in [2.05, 4.69) is 15.2 Å². The summed E-state index contributed by atoms with van der Waals surface area (Å²) < 4.78 is 10.7. The Hall–Kier alpha value is -2.41. The van der Waals surface area contributed by atoms with Gasteiger partial charge >= 0.3 is 0 Å². The average Bonchev–Trinajstić information content (AvgIpc) is 3.08.